The van der Waals surface area contributed by atoms with Gasteiger partial charge in [0.2, 0.25) is 0 Å². The molecule has 0 unspecified atom stereocenters. The van der Waals surface area contributed by atoms with Crippen molar-refractivity contribution < 1.29 is 9.53 Å². The molecule has 4 rings (SSSR count). The van der Waals surface area contributed by atoms with Crippen molar-refractivity contribution in [3.8, 4) is 11.4 Å². The van der Waals surface area contributed by atoms with Crippen LogP contribution in [0.5, 0.6) is 5.75 Å². The Morgan fingerprint density at radius 2 is 1.96 bits per heavy atom. The van der Waals surface area contributed by atoms with Crippen LogP contribution >= 0.6 is 0 Å². The molecule has 2 aromatic carbocycles. The maximum Gasteiger partial charge on any atom is 0.267 e. The normalized spacial score (nSPS) is 11.2. The molecule has 0 fully saturated rings. The number of benzene rings is 2. The molecule has 0 saturated carbocycles. The molecule has 0 aliphatic carbocycles. The Bertz CT molecular complexity index is 1030. The van der Waals surface area contributed by atoms with Gasteiger partial charge in [-0.2, -0.15) is 10.2 Å². The zero-order valence-corrected chi connectivity index (χ0v) is 12.3. The fourth-order valence-corrected chi connectivity index (χ4v) is 2.74. The molecule has 0 aliphatic rings. The van der Waals surface area contributed by atoms with Gasteiger partial charge in [0.1, 0.15) is 11.4 Å². The van der Waals surface area contributed by atoms with Crippen LogP contribution in [0.4, 0.5) is 0 Å². The van der Waals surface area contributed by atoms with Gasteiger partial charge >= 0.3 is 0 Å². The van der Waals surface area contributed by atoms with Gasteiger partial charge in [0, 0.05) is 10.8 Å². The molecule has 1 amide bonds. The second kappa shape index (κ2) is 4.84. The number of hydrogen-bond donors (Lipinski definition) is 2. The van der Waals surface area contributed by atoms with E-state index in [-0.39, 0.29) is 0 Å². The van der Waals surface area contributed by atoms with Crippen LogP contribution in [0.25, 0.3) is 27.5 Å². The number of H-pyrrole nitrogens is 1. The molecular weight excluding hydrogens is 294 g/mol. The van der Waals surface area contributed by atoms with Gasteiger partial charge < -0.3 is 10.5 Å². The highest BCUT2D eigenvalue weighted by Crippen LogP contribution is 2.29. The summed E-state index contributed by atoms with van der Waals surface area (Å²) in [7, 11) is 1.61. The molecule has 2 aromatic heterocycles. The van der Waals surface area contributed by atoms with Crippen LogP contribution in [-0.4, -0.2) is 33.0 Å². The number of nitrogens with zero attached hydrogens (tertiary/aromatic N) is 3. The SMILES string of the molecule is COc1ccc(-n2[nH]c(C(N)=O)c3ccc4nncc4c32)cc1. The Kier molecular flexibility index (Phi) is 2.80. The number of amides is 1. The van der Waals surface area contributed by atoms with E-state index in [1.807, 2.05) is 36.4 Å². The quantitative estimate of drug-likeness (QED) is 0.605. The Hall–Kier alpha value is -3.35. The van der Waals surface area contributed by atoms with Gasteiger partial charge in [-0.15, -0.1) is 0 Å². The molecule has 4 aromatic rings. The summed E-state index contributed by atoms with van der Waals surface area (Å²) < 4.78 is 6.99. The van der Waals surface area contributed by atoms with Gasteiger partial charge in [0.15, 0.2) is 0 Å². The molecule has 23 heavy (non-hydrogen) atoms. The number of aromatic amines is 1. The molecule has 0 aliphatic heterocycles. The first-order valence-corrected chi connectivity index (χ1v) is 6.98. The molecule has 7 nitrogen and oxygen atoms in total. The summed E-state index contributed by atoms with van der Waals surface area (Å²) in [5.74, 6) is 0.233. The van der Waals surface area contributed by atoms with Crippen molar-refractivity contribution in [3.05, 3.63) is 48.3 Å². The lowest BCUT2D eigenvalue weighted by molar-refractivity contribution is 0.0996. The number of methoxy groups -OCH3 is 1. The second-order valence-electron chi connectivity index (χ2n) is 5.12. The fourth-order valence-electron chi connectivity index (χ4n) is 2.74. The average molecular weight is 307 g/mol. The third-order valence-electron chi connectivity index (χ3n) is 3.84. The number of aromatic nitrogens is 4. The van der Waals surface area contributed by atoms with Crippen LogP contribution in [0, 0.1) is 0 Å². The Balaban J connectivity index is 2.07. The molecule has 3 N–H and O–H groups in total. The van der Waals surface area contributed by atoms with Crippen LogP contribution in [-0.2, 0) is 0 Å². The van der Waals surface area contributed by atoms with Crippen molar-refractivity contribution in [2.24, 2.45) is 5.73 Å². The third-order valence-corrected chi connectivity index (χ3v) is 3.84. The molecule has 0 saturated heterocycles. The highest BCUT2D eigenvalue weighted by Gasteiger charge is 2.17. The van der Waals surface area contributed by atoms with E-state index in [2.05, 4.69) is 15.3 Å². The van der Waals surface area contributed by atoms with Gasteiger partial charge in [-0.3, -0.25) is 14.6 Å². The Morgan fingerprint density at radius 3 is 2.65 bits per heavy atom. The van der Waals surface area contributed by atoms with Crippen LogP contribution in [0.15, 0.2) is 42.6 Å². The van der Waals surface area contributed by atoms with E-state index in [4.69, 9.17) is 10.5 Å². The lowest BCUT2D eigenvalue weighted by Gasteiger charge is -2.06. The van der Waals surface area contributed by atoms with E-state index in [1.165, 1.54) is 0 Å². The first-order valence-electron chi connectivity index (χ1n) is 6.98. The van der Waals surface area contributed by atoms with E-state index < -0.39 is 5.91 Å². The zero-order valence-electron chi connectivity index (χ0n) is 12.3. The van der Waals surface area contributed by atoms with E-state index in [0.717, 1.165) is 33.2 Å². The number of fused-ring (bicyclic) bond motifs is 3. The van der Waals surface area contributed by atoms with Crippen molar-refractivity contribution in [1.29, 1.82) is 0 Å². The van der Waals surface area contributed by atoms with Crippen LogP contribution in [0.2, 0.25) is 0 Å². The number of carbonyl (C=O) groups is 1. The van der Waals surface area contributed by atoms with Gasteiger partial charge in [0.05, 0.1) is 30.0 Å². The lowest BCUT2D eigenvalue weighted by atomic mass is 10.1. The molecule has 7 heteroatoms. The minimum Gasteiger partial charge on any atom is -0.497 e. The predicted molar refractivity (Wildman–Crippen MR) is 85.8 cm³/mol. The summed E-state index contributed by atoms with van der Waals surface area (Å²) in [6, 6.07) is 11.1. The maximum atomic E-state index is 11.8. The number of rotatable bonds is 3. The molecular formula is C16H13N5O2. The van der Waals surface area contributed by atoms with E-state index in [9.17, 15) is 4.79 Å². The molecule has 2 heterocycles. The number of hydrogen-bond acceptors (Lipinski definition) is 4. The first-order chi connectivity index (χ1) is 11.2. The second-order valence-corrected chi connectivity index (χ2v) is 5.12. The van der Waals surface area contributed by atoms with Crippen molar-refractivity contribution in [2.75, 3.05) is 7.11 Å². The minimum atomic E-state index is -0.519. The van der Waals surface area contributed by atoms with Gasteiger partial charge in [0.25, 0.3) is 5.91 Å². The van der Waals surface area contributed by atoms with Crippen molar-refractivity contribution >= 4 is 27.7 Å². The van der Waals surface area contributed by atoms with Gasteiger partial charge in [-0.25, -0.2) is 0 Å². The van der Waals surface area contributed by atoms with E-state index >= 15 is 0 Å². The molecule has 114 valence electrons. The molecule has 0 spiro atoms. The van der Waals surface area contributed by atoms with Crippen LogP contribution in [0.1, 0.15) is 10.5 Å². The fraction of sp³-hybridized carbons (Fsp3) is 0.0625. The van der Waals surface area contributed by atoms with Crippen LogP contribution < -0.4 is 10.5 Å². The Morgan fingerprint density at radius 1 is 1.17 bits per heavy atom. The number of nitrogens with one attached hydrogen (secondary N) is 1. The Labute approximate surface area is 130 Å². The highest BCUT2D eigenvalue weighted by atomic mass is 16.5. The summed E-state index contributed by atoms with van der Waals surface area (Å²) in [6.45, 7) is 0. The summed E-state index contributed by atoms with van der Waals surface area (Å²) >= 11 is 0. The van der Waals surface area contributed by atoms with E-state index in [0.29, 0.717) is 5.69 Å². The topological polar surface area (TPSA) is 98.8 Å². The standard InChI is InChI=1S/C16H13N5O2/c1-23-10-4-2-9(3-5-10)21-15-11(14(20-21)16(17)22)6-7-13-12(15)8-18-19-13/h2-8,20H,1H3,(H2,17,22). The first kappa shape index (κ1) is 13.3. The third kappa shape index (κ3) is 1.94. The largest absolute Gasteiger partial charge is 0.497 e. The zero-order chi connectivity index (χ0) is 16.0. The molecule has 0 bridgehead atoms. The van der Waals surface area contributed by atoms with Crippen LogP contribution in [0.3, 0.4) is 0 Å². The number of primary amides is 1. The van der Waals surface area contributed by atoms with Crippen molar-refractivity contribution in [1.82, 2.24) is 20.0 Å². The van der Waals surface area contributed by atoms with Gasteiger partial charge in [-0.1, -0.05) is 0 Å². The maximum absolute atomic E-state index is 11.8. The summed E-state index contributed by atoms with van der Waals surface area (Å²) in [4.78, 5) is 11.8. The summed E-state index contributed by atoms with van der Waals surface area (Å²) in [5, 5.41) is 12.7. The average Bonchev–Trinajstić information content (AvgIpc) is 3.18. The predicted octanol–water partition coefficient (Wildman–Crippen LogP) is 2.01. The molecule has 0 atom stereocenters. The monoisotopic (exact) mass is 307 g/mol. The van der Waals surface area contributed by atoms with Crippen molar-refractivity contribution in [3.63, 3.8) is 0 Å². The lowest BCUT2D eigenvalue weighted by Crippen LogP contribution is -2.12. The van der Waals surface area contributed by atoms with Gasteiger partial charge in [-0.05, 0) is 36.4 Å². The number of ether oxygens (including phenoxy) is 1. The number of nitrogens with two attached hydrogens (primary N) is 1. The smallest absolute Gasteiger partial charge is 0.267 e. The minimum absolute atomic E-state index is 0.346. The van der Waals surface area contributed by atoms with Crippen molar-refractivity contribution in [2.45, 2.75) is 0 Å². The summed E-state index contributed by atoms with van der Waals surface area (Å²) in [5.41, 5.74) is 8.26. The number of carbonyl (C=O) groups excluding carboxylic acids is 1. The molecule has 0 radical (unpaired) electrons. The summed E-state index contributed by atoms with van der Waals surface area (Å²) in [6.07, 6.45) is 1.68. The highest BCUT2D eigenvalue weighted by molar-refractivity contribution is 6.12. The van der Waals surface area contributed by atoms with E-state index in [1.54, 1.807) is 18.0 Å².